The lowest BCUT2D eigenvalue weighted by atomic mass is 10.1. The Hall–Kier alpha value is -1.64. The molecule has 0 aliphatic rings. The van der Waals surface area contributed by atoms with E-state index in [-0.39, 0.29) is 23.9 Å². The van der Waals surface area contributed by atoms with E-state index in [0.29, 0.717) is 52.9 Å². The lowest BCUT2D eigenvalue weighted by molar-refractivity contribution is -0.121. The zero-order chi connectivity index (χ0) is 23.9. The summed E-state index contributed by atoms with van der Waals surface area (Å²) in [5.41, 5.74) is 2.88. The molecule has 32 heavy (non-hydrogen) atoms. The Balaban J connectivity index is 2.32. The van der Waals surface area contributed by atoms with Crippen LogP contribution in [-0.4, -0.2) is 44.9 Å². The predicted molar refractivity (Wildman–Crippen MR) is 129 cm³/mol. The molecule has 2 rings (SSSR count). The standard InChI is InChI=1S/C23H30Cl2N2O4S/c1-5-31-10-6-9-26-22(28)15-27(14-19-7-8-20(24)21(25)13-19)32(29,30)23-17(3)11-16(2)12-18(23)4/h7-8,11-13H,5-6,9-10,14-15H2,1-4H3,(H,26,28). The van der Waals surface area contributed by atoms with Gasteiger partial charge in [-0.2, -0.15) is 4.31 Å². The van der Waals surface area contributed by atoms with Gasteiger partial charge in [-0.3, -0.25) is 4.79 Å². The van der Waals surface area contributed by atoms with Gasteiger partial charge < -0.3 is 10.1 Å². The van der Waals surface area contributed by atoms with Crippen LogP contribution in [0.25, 0.3) is 0 Å². The number of nitrogens with one attached hydrogen (secondary N) is 1. The van der Waals surface area contributed by atoms with E-state index >= 15 is 0 Å². The summed E-state index contributed by atoms with van der Waals surface area (Å²) in [7, 11) is -3.96. The molecule has 0 heterocycles. The number of hydrogen-bond acceptors (Lipinski definition) is 4. The van der Waals surface area contributed by atoms with Crippen molar-refractivity contribution in [3.8, 4) is 0 Å². The van der Waals surface area contributed by atoms with Gasteiger partial charge in [-0.15, -0.1) is 0 Å². The number of nitrogens with zero attached hydrogens (tertiary/aromatic N) is 1. The second kappa shape index (κ2) is 12.0. The van der Waals surface area contributed by atoms with Crippen LogP contribution in [-0.2, 0) is 26.1 Å². The van der Waals surface area contributed by atoms with Gasteiger partial charge in [0.05, 0.1) is 21.5 Å². The van der Waals surface area contributed by atoms with E-state index in [0.717, 1.165) is 5.56 Å². The van der Waals surface area contributed by atoms with Crippen molar-refractivity contribution in [1.29, 1.82) is 0 Å². The summed E-state index contributed by atoms with van der Waals surface area (Å²) in [6, 6.07) is 8.57. The highest BCUT2D eigenvalue weighted by molar-refractivity contribution is 7.89. The summed E-state index contributed by atoms with van der Waals surface area (Å²) >= 11 is 12.1. The first-order chi connectivity index (χ1) is 15.1. The third-order valence-corrected chi connectivity index (χ3v) is 7.69. The normalized spacial score (nSPS) is 11.7. The Bertz CT molecular complexity index is 1030. The molecule has 2 aromatic rings. The SMILES string of the molecule is CCOCCCNC(=O)CN(Cc1ccc(Cl)c(Cl)c1)S(=O)(=O)c1c(C)cc(C)cc1C. The number of benzene rings is 2. The van der Waals surface area contributed by atoms with E-state index in [2.05, 4.69) is 5.32 Å². The minimum atomic E-state index is -3.96. The first kappa shape index (κ1) is 26.6. The minimum Gasteiger partial charge on any atom is -0.382 e. The summed E-state index contributed by atoms with van der Waals surface area (Å²) in [5.74, 6) is -0.382. The molecule has 176 valence electrons. The van der Waals surface area contributed by atoms with Crippen molar-refractivity contribution in [2.75, 3.05) is 26.3 Å². The van der Waals surface area contributed by atoms with Gasteiger partial charge >= 0.3 is 0 Å². The molecule has 1 amide bonds. The number of rotatable bonds is 11. The molecule has 0 aromatic heterocycles. The van der Waals surface area contributed by atoms with Crippen molar-refractivity contribution in [3.63, 3.8) is 0 Å². The fraction of sp³-hybridized carbons (Fsp3) is 0.435. The molecule has 9 heteroatoms. The van der Waals surface area contributed by atoms with Gasteiger partial charge in [-0.25, -0.2) is 8.42 Å². The van der Waals surface area contributed by atoms with Gasteiger partial charge in [0.15, 0.2) is 0 Å². The number of carbonyl (C=O) groups is 1. The zero-order valence-electron chi connectivity index (χ0n) is 18.9. The molecule has 0 radical (unpaired) electrons. The third kappa shape index (κ3) is 7.18. The molecule has 0 bridgehead atoms. The molecule has 0 aliphatic carbocycles. The van der Waals surface area contributed by atoms with Crippen molar-refractivity contribution < 1.29 is 17.9 Å². The van der Waals surface area contributed by atoms with Crippen molar-refractivity contribution in [3.05, 3.63) is 62.6 Å². The van der Waals surface area contributed by atoms with Crippen LogP contribution in [0.3, 0.4) is 0 Å². The van der Waals surface area contributed by atoms with Gasteiger partial charge in [0.2, 0.25) is 15.9 Å². The minimum absolute atomic E-state index is 0.0155. The van der Waals surface area contributed by atoms with E-state index in [1.54, 1.807) is 32.0 Å². The van der Waals surface area contributed by atoms with Crippen molar-refractivity contribution >= 4 is 39.1 Å². The lowest BCUT2D eigenvalue weighted by Crippen LogP contribution is -2.41. The second-order valence-corrected chi connectivity index (χ2v) is 10.3. The van der Waals surface area contributed by atoms with Crippen LogP contribution in [0.1, 0.15) is 35.6 Å². The first-order valence-electron chi connectivity index (χ1n) is 10.4. The number of amides is 1. The molecule has 0 unspecified atom stereocenters. The van der Waals surface area contributed by atoms with Gasteiger partial charge in [-0.05, 0) is 62.9 Å². The molecule has 0 saturated heterocycles. The average molecular weight is 501 g/mol. The maximum atomic E-state index is 13.7. The van der Waals surface area contributed by atoms with Crippen molar-refractivity contribution in [2.24, 2.45) is 0 Å². The van der Waals surface area contributed by atoms with Crippen LogP contribution in [0.5, 0.6) is 0 Å². The highest BCUT2D eigenvalue weighted by Gasteiger charge is 2.30. The Labute approximate surface area is 200 Å². The lowest BCUT2D eigenvalue weighted by Gasteiger charge is -2.24. The highest BCUT2D eigenvalue weighted by Crippen LogP contribution is 2.28. The van der Waals surface area contributed by atoms with Crippen LogP contribution in [0, 0.1) is 20.8 Å². The van der Waals surface area contributed by atoms with Crippen molar-refractivity contribution in [2.45, 2.75) is 45.6 Å². The van der Waals surface area contributed by atoms with E-state index in [4.69, 9.17) is 27.9 Å². The number of aryl methyl sites for hydroxylation is 3. The molecule has 0 fully saturated rings. The Kier molecular flexibility index (Phi) is 9.98. The molecule has 1 N–H and O–H groups in total. The Morgan fingerprint density at radius 1 is 1.06 bits per heavy atom. The van der Waals surface area contributed by atoms with E-state index in [9.17, 15) is 13.2 Å². The number of sulfonamides is 1. The molecule has 0 saturated carbocycles. The average Bonchev–Trinajstić information content (AvgIpc) is 2.69. The van der Waals surface area contributed by atoms with Crippen LogP contribution in [0.15, 0.2) is 35.2 Å². The fourth-order valence-corrected chi connectivity index (χ4v) is 5.65. The van der Waals surface area contributed by atoms with Gasteiger partial charge in [-0.1, -0.05) is 47.0 Å². The number of hydrogen-bond donors (Lipinski definition) is 1. The van der Waals surface area contributed by atoms with Crippen molar-refractivity contribution in [1.82, 2.24) is 9.62 Å². The zero-order valence-corrected chi connectivity index (χ0v) is 21.2. The van der Waals surface area contributed by atoms with Gasteiger partial charge in [0.1, 0.15) is 0 Å². The third-order valence-electron chi connectivity index (χ3n) is 4.86. The van der Waals surface area contributed by atoms with Crippen LogP contribution in [0.2, 0.25) is 10.0 Å². The summed E-state index contributed by atoms with van der Waals surface area (Å²) in [6.07, 6.45) is 0.648. The van der Waals surface area contributed by atoms with Crippen LogP contribution >= 0.6 is 23.2 Å². The van der Waals surface area contributed by atoms with Crippen LogP contribution < -0.4 is 5.32 Å². The summed E-state index contributed by atoms with van der Waals surface area (Å²) in [5, 5.41) is 3.47. The Morgan fingerprint density at radius 3 is 2.31 bits per heavy atom. The Morgan fingerprint density at radius 2 is 1.72 bits per heavy atom. The van der Waals surface area contributed by atoms with E-state index in [1.807, 2.05) is 26.0 Å². The monoisotopic (exact) mass is 500 g/mol. The molecule has 2 aromatic carbocycles. The molecule has 0 aliphatic heterocycles. The summed E-state index contributed by atoms with van der Waals surface area (Å²) < 4.78 is 33.8. The van der Waals surface area contributed by atoms with Crippen LogP contribution in [0.4, 0.5) is 0 Å². The van der Waals surface area contributed by atoms with Gasteiger partial charge in [0.25, 0.3) is 0 Å². The quantitative estimate of drug-likeness (QED) is 0.455. The molecule has 0 spiro atoms. The summed E-state index contributed by atoms with van der Waals surface area (Å²) in [4.78, 5) is 12.8. The maximum absolute atomic E-state index is 13.7. The first-order valence-corrected chi connectivity index (χ1v) is 12.6. The van der Waals surface area contributed by atoms with E-state index < -0.39 is 10.0 Å². The number of ether oxygens (including phenoxy) is 1. The number of carbonyl (C=O) groups excluding carboxylic acids is 1. The fourth-order valence-electron chi connectivity index (χ4n) is 3.53. The second-order valence-electron chi connectivity index (χ2n) is 7.65. The molecule has 0 atom stereocenters. The molecular formula is C23H30Cl2N2O4S. The van der Waals surface area contributed by atoms with E-state index in [1.165, 1.54) is 4.31 Å². The highest BCUT2D eigenvalue weighted by atomic mass is 35.5. The smallest absolute Gasteiger partial charge is 0.244 e. The largest absolute Gasteiger partial charge is 0.382 e. The topological polar surface area (TPSA) is 75.7 Å². The summed E-state index contributed by atoms with van der Waals surface area (Å²) in [6.45, 7) is 8.56. The molecular weight excluding hydrogens is 471 g/mol. The van der Waals surface area contributed by atoms with Gasteiger partial charge in [0, 0.05) is 26.3 Å². The predicted octanol–water partition coefficient (Wildman–Crippen LogP) is 4.65. The maximum Gasteiger partial charge on any atom is 0.244 e. The molecule has 6 nitrogen and oxygen atoms in total. The number of halogens is 2.